The van der Waals surface area contributed by atoms with E-state index in [0.29, 0.717) is 27.8 Å². The standard InChI is InChI=1S/C25H27ClN2O5S/c1-17(23-15-22(32-2)12-13-24(23)33-3)27-25(29)19-10-8-18(9-11-19)16-28(34(4,30)31)21-7-5-6-20(26)14-21/h5-15,17H,16H2,1-4H3,(H,27,29)/t17-/m1/s1. The zero-order chi connectivity index (χ0) is 24.9. The second kappa shape index (κ2) is 10.8. The summed E-state index contributed by atoms with van der Waals surface area (Å²) in [5.41, 5.74) is 2.44. The molecule has 180 valence electrons. The molecular weight excluding hydrogens is 476 g/mol. The third-order valence-electron chi connectivity index (χ3n) is 5.29. The molecule has 0 heterocycles. The lowest BCUT2D eigenvalue weighted by Gasteiger charge is -2.23. The van der Waals surface area contributed by atoms with E-state index in [4.69, 9.17) is 21.1 Å². The van der Waals surface area contributed by atoms with E-state index in [-0.39, 0.29) is 18.5 Å². The molecule has 1 N–H and O–H groups in total. The number of hydrogen-bond donors (Lipinski definition) is 1. The number of halogens is 1. The molecule has 3 rings (SSSR count). The number of methoxy groups -OCH3 is 2. The first kappa shape index (κ1) is 25.4. The van der Waals surface area contributed by atoms with Gasteiger partial charge >= 0.3 is 0 Å². The fourth-order valence-electron chi connectivity index (χ4n) is 3.49. The highest BCUT2D eigenvalue weighted by atomic mass is 35.5. The Labute approximate surface area is 205 Å². The van der Waals surface area contributed by atoms with Crippen LogP contribution >= 0.6 is 11.6 Å². The van der Waals surface area contributed by atoms with Crippen molar-refractivity contribution in [2.24, 2.45) is 0 Å². The Kier molecular flexibility index (Phi) is 8.06. The number of benzene rings is 3. The highest BCUT2D eigenvalue weighted by Gasteiger charge is 2.19. The molecule has 9 heteroatoms. The molecule has 0 aliphatic heterocycles. The smallest absolute Gasteiger partial charge is 0.251 e. The van der Waals surface area contributed by atoms with Gasteiger partial charge in [0.25, 0.3) is 5.91 Å². The van der Waals surface area contributed by atoms with Crippen molar-refractivity contribution in [3.63, 3.8) is 0 Å². The third-order valence-corrected chi connectivity index (χ3v) is 6.67. The van der Waals surface area contributed by atoms with Crippen molar-refractivity contribution >= 4 is 33.2 Å². The summed E-state index contributed by atoms with van der Waals surface area (Å²) >= 11 is 6.04. The number of sulfonamides is 1. The van der Waals surface area contributed by atoms with Crippen LogP contribution in [0.2, 0.25) is 5.02 Å². The van der Waals surface area contributed by atoms with Gasteiger partial charge in [0.05, 0.1) is 38.7 Å². The number of rotatable bonds is 9. The van der Waals surface area contributed by atoms with Crippen LogP contribution in [-0.2, 0) is 16.6 Å². The van der Waals surface area contributed by atoms with Gasteiger partial charge in [0.2, 0.25) is 10.0 Å². The molecule has 3 aromatic carbocycles. The number of carbonyl (C=O) groups is 1. The van der Waals surface area contributed by atoms with Crippen LogP contribution in [-0.4, -0.2) is 34.8 Å². The van der Waals surface area contributed by atoms with Crippen molar-refractivity contribution in [2.75, 3.05) is 24.8 Å². The molecule has 0 saturated heterocycles. The van der Waals surface area contributed by atoms with Crippen LogP contribution in [0.1, 0.15) is 34.5 Å². The predicted octanol–water partition coefficient (Wildman–Crippen LogP) is 4.81. The van der Waals surface area contributed by atoms with Crippen LogP contribution < -0.4 is 19.1 Å². The Hall–Kier alpha value is -3.23. The molecule has 7 nitrogen and oxygen atoms in total. The average Bonchev–Trinajstić information content (AvgIpc) is 2.81. The quantitative estimate of drug-likeness (QED) is 0.453. The minimum atomic E-state index is -3.55. The molecular formula is C25H27ClN2O5S. The Bertz CT molecular complexity index is 1260. The van der Waals surface area contributed by atoms with Gasteiger partial charge in [0, 0.05) is 16.1 Å². The highest BCUT2D eigenvalue weighted by Crippen LogP contribution is 2.29. The average molecular weight is 503 g/mol. The molecule has 0 aliphatic rings. The SMILES string of the molecule is COc1ccc(OC)c([C@@H](C)NC(=O)c2ccc(CN(c3cccc(Cl)c3)S(C)(=O)=O)cc2)c1. The molecule has 1 amide bonds. The first-order valence-corrected chi connectivity index (χ1v) is 12.7. The molecule has 0 unspecified atom stereocenters. The van der Waals surface area contributed by atoms with Crippen molar-refractivity contribution in [1.82, 2.24) is 5.32 Å². The zero-order valence-electron chi connectivity index (χ0n) is 19.4. The van der Waals surface area contributed by atoms with Gasteiger partial charge in [-0.15, -0.1) is 0 Å². The maximum absolute atomic E-state index is 12.8. The van der Waals surface area contributed by atoms with Crippen LogP contribution in [0.4, 0.5) is 5.69 Å². The number of carbonyl (C=O) groups excluding carboxylic acids is 1. The predicted molar refractivity (Wildman–Crippen MR) is 134 cm³/mol. The van der Waals surface area contributed by atoms with E-state index in [0.717, 1.165) is 17.4 Å². The first-order valence-electron chi connectivity index (χ1n) is 10.5. The van der Waals surface area contributed by atoms with E-state index >= 15 is 0 Å². The van der Waals surface area contributed by atoms with Crippen LogP contribution in [0.5, 0.6) is 11.5 Å². The van der Waals surface area contributed by atoms with Crippen molar-refractivity contribution in [1.29, 1.82) is 0 Å². The molecule has 0 radical (unpaired) electrons. The second-order valence-electron chi connectivity index (χ2n) is 7.75. The summed E-state index contributed by atoms with van der Waals surface area (Å²) in [6.45, 7) is 1.97. The van der Waals surface area contributed by atoms with Gasteiger partial charge in [-0.05, 0) is 61.0 Å². The molecule has 0 aliphatic carbocycles. The second-order valence-corrected chi connectivity index (χ2v) is 10.1. The summed E-state index contributed by atoms with van der Waals surface area (Å²) in [6, 6.07) is 18.5. The van der Waals surface area contributed by atoms with Crippen molar-refractivity contribution in [3.8, 4) is 11.5 Å². The van der Waals surface area contributed by atoms with Gasteiger partial charge in [-0.1, -0.05) is 29.8 Å². The number of nitrogens with one attached hydrogen (secondary N) is 1. The van der Waals surface area contributed by atoms with E-state index in [1.165, 1.54) is 4.31 Å². The Morgan fingerprint density at radius 1 is 1.03 bits per heavy atom. The molecule has 34 heavy (non-hydrogen) atoms. The highest BCUT2D eigenvalue weighted by molar-refractivity contribution is 7.92. The minimum Gasteiger partial charge on any atom is -0.497 e. The molecule has 0 bridgehead atoms. The molecule has 0 aromatic heterocycles. The summed E-state index contributed by atoms with van der Waals surface area (Å²) in [4.78, 5) is 12.8. The molecule has 0 spiro atoms. The monoisotopic (exact) mass is 502 g/mol. The lowest BCUT2D eigenvalue weighted by Crippen LogP contribution is -2.29. The number of amides is 1. The van der Waals surface area contributed by atoms with E-state index in [9.17, 15) is 13.2 Å². The maximum atomic E-state index is 12.8. The van der Waals surface area contributed by atoms with Crippen LogP contribution in [0, 0.1) is 0 Å². The maximum Gasteiger partial charge on any atom is 0.251 e. The molecule has 1 atom stereocenters. The Balaban J connectivity index is 1.75. The van der Waals surface area contributed by atoms with E-state index in [2.05, 4.69) is 5.32 Å². The van der Waals surface area contributed by atoms with E-state index < -0.39 is 10.0 Å². The van der Waals surface area contributed by atoms with Crippen molar-refractivity contribution < 1.29 is 22.7 Å². The lowest BCUT2D eigenvalue weighted by atomic mass is 10.1. The van der Waals surface area contributed by atoms with Crippen molar-refractivity contribution in [2.45, 2.75) is 19.5 Å². The first-order chi connectivity index (χ1) is 16.1. The van der Waals surface area contributed by atoms with E-state index in [1.54, 1.807) is 74.9 Å². The number of ether oxygens (including phenoxy) is 2. The fraction of sp³-hybridized carbons (Fsp3) is 0.240. The summed E-state index contributed by atoms with van der Waals surface area (Å²) < 4.78 is 36.7. The summed E-state index contributed by atoms with van der Waals surface area (Å²) in [5.74, 6) is 1.04. The molecule has 0 saturated carbocycles. The minimum absolute atomic E-state index is 0.110. The summed E-state index contributed by atoms with van der Waals surface area (Å²) in [6.07, 6.45) is 1.14. The van der Waals surface area contributed by atoms with Gasteiger partial charge in [0.15, 0.2) is 0 Å². The number of nitrogens with zero attached hydrogens (tertiary/aromatic N) is 1. The molecule has 3 aromatic rings. The topological polar surface area (TPSA) is 84.9 Å². The number of anilines is 1. The summed E-state index contributed by atoms with van der Waals surface area (Å²) in [7, 11) is -0.397. The van der Waals surface area contributed by atoms with Crippen molar-refractivity contribution in [3.05, 3.63) is 88.4 Å². The number of hydrogen-bond acceptors (Lipinski definition) is 5. The molecule has 0 fully saturated rings. The van der Waals surface area contributed by atoms with Crippen LogP contribution in [0.15, 0.2) is 66.7 Å². The van der Waals surface area contributed by atoms with Gasteiger partial charge < -0.3 is 14.8 Å². The Morgan fingerprint density at radius 3 is 2.32 bits per heavy atom. The van der Waals surface area contributed by atoms with Gasteiger partial charge in [-0.25, -0.2) is 8.42 Å². The summed E-state index contributed by atoms with van der Waals surface area (Å²) in [5, 5.41) is 3.40. The van der Waals surface area contributed by atoms with E-state index in [1.807, 2.05) is 13.0 Å². The van der Waals surface area contributed by atoms with Gasteiger partial charge in [-0.2, -0.15) is 0 Å². The normalized spacial score (nSPS) is 12.0. The van der Waals surface area contributed by atoms with Gasteiger partial charge in [-0.3, -0.25) is 9.10 Å². The largest absolute Gasteiger partial charge is 0.497 e. The van der Waals surface area contributed by atoms with Crippen LogP contribution in [0.25, 0.3) is 0 Å². The fourth-order valence-corrected chi connectivity index (χ4v) is 4.56. The van der Waals surface area contributed by atoms with Crippen LogP contribution in [0.3, 0.4) is 0 Å². The zero-order valence-corrected chi connectivity index (χ0v) is 21.0. The third kappa shape index (κ3) is 6.21. The van der Waals surface area contributed by atoms with Gasteiger partial charge in [0.1, 0.15) is 11.5 Å². The Morgan fingerprint density at radius 2 is 1.74 bits per heavy atom. The lowest BCUT2D eigenvalue weighted by molar-refractivity contribution is 0.0939.